The highest BCUT2D eigenvalue weighted by molar-refractivity contribution is 6.03. The fraction of sp³-hybridized carbons (Fsp3) is 0.733. The average Bonchev–Trinajstić information content (AvgIpc) is 3.01. The first kappa shape index (κ1) is 25.4. The molecule has 0 heterocycles. The number of aliphatic hydroxyl groups is 1. The number of carbonyl (C=O) groups excluding carboxylic acids is 3. The molecular weight excluding hydrogens is 454 g/mol. The lowest BCUT2D eigenvalue weighted by molar-refractivity contribution is -0.176. The normalized spacial score (nSPS) is 45.4. The Bertz CT molecular complexity index is 1130. The van der Waals surface area contributed by atoms with Crippen molar-refractivity contribution >= 4 is 17.5 Å². The zero-order chi connectivity index (χ0) is 26.3. The molecule has 194 valence electrons. The molecule has 5 aliphatic carbocycles. The number of nitrogens with zero attached hydrogens (tertiary/aromatic N) is 1. The number of Topliss-reactive ketones (excluding diaryl/α,β-unsaturated/α-hetero) is 1. The van der Waals surface area contributed by atoms with Gasteiger partial charge < -0.3 is 9.84 Å². The van der Waals surface area contributed by atoms with Gasteiger partial charge in [-0.25, -0.2) is 0 Å². The first-order valence-corrected chi connectivity index (χ1v) is 13.5. The molecule has 8 atom stereocenters. The summed E-state index contributed by atoms with van der Waals surface area (Å²) in [5.74, 6) is -1.09. The van der Waals surface area contributed by atoms with E-state index in [1.165, 1.54) is 7.11 Å². The number of ether oxygens (including phenoxy) is 1. The summed E-state index contributed by atoms with van der Waals surface area (Å²) in [6.45, 7) is 8.75. The summed E-state index contributed by atoms with van der Waals surface area (Å²) in [7, 11) is 1.46. The van der Waals surface area contributed by atoms with Crippen LogP contribution in [-0.2, 0) is 19.1 Å². The Hall–Kier alpha value is -2.26. The largest absolute Gasteiger partial charge is 0.469 e. The van der Waals surface area contributed by atoms with Crippen molar-refractivity contribution in [3.63, 3.8) is 0 Å². The van der Waals surface area contributed by atoms with Crippen LogP contribution in [0.2, 0.25) is 0 Å². The maximum atomic E-state index is 14.1. The van der Waals surface area contributed by atoms with Crippen LogP contribution >= 0.6 is 0 Å². The van der Waals surface area contributed by atoms with Gasteiger partial charge in [0.05, 0.1) is 18.1 Å². The lowest BCUT2D eigenvalue weighted by Gasteiger charge is -2.60. The second-order valence-electron chi connectivity index (χ2n) is 13.6. The molecule has 0 aromatic heterocycles. The number of allylic oxidation sites excluding steroid dienone is 3. The van der Waals surface area contributed by atoms with Gasteiger partial charge in [-0.3, -0.25) is 14.4 Å². The maximum Gasteiger partial charge on any atom is 0.312 e. The molecule has 3 fully saturated rings. The Morgan fingerprint density at radius 2 is 1.78 bits per heavy atom. The summed E-state index contributed by atoms with van der Waals surface area (Å²) in [5.41, 5.74) is -0.538. The van der Waals surface area contributed by atoms with Crippen molar-refractivity contribution in [2.24, 2.45) is 45.3 Å². The molecule has 0 aromatic carbocycles. The third-order valence-electron chi connectivity index (χ3n) is 11.0. The Labute approximate surface area is 214 Å². The van der Waals surface area contributed by atoms with E-state index >= 15 is 0 Å². The number of nitriles is 1. The van der Waals surface area contributed by atoms with Gasteiger partial charge in [-0.05, 0) is 86.0 Å². The van der Waals surface area contributed by atoms with Crippen LogP contribution in [0.25, 0.3) is 0 Å². The highest BCUT2D eigenvalue weighted by Gasteiger charge is 2.64. The summed E-state index contributed by atoms with van der Waals surface area (Å²) in [5, 5.41) is 20.6. The van der Waals surface area contributed by atoms with Crippen molar-refractivity contribution in [1.82, 2.24) is 0 Å². The molecule has 0 aromatic rings. The van der Waals surface area contributed by atoms with E-state index in [9.17, 15) is 24.8 Å². The summed E-state index contributed by atoms with van der Waals surface area (Å²) in [4.78, 5) is 40.1. The number of rotatable bonds is 1. The first-order valence-electron chi connectivity index (χ1n) is 13.5. The molecule has 5 rings (SSSR count). The summed E-state index contributed by atoms with van der Waals surface area (Å²) in [6.07, 6.45) is 8.34. The van der Waals surface area contributed by atoms with Crippen LogP contribution in [0.4, 0.5) is 0 Å². The molecule has 0 spiro atoms. The van der Waals surface area contributed by atoms with E-state index in [-0.39, 0.29) is 51.8 Å². The number of methoxy groups -OCH3 is 1. The van der Waals surface area contributed by atoms with Gasteiger partial charge in [-0.1, -0.05) is 39.3 Å². The van der Waals surface area contributed by atoms with Crippen LogP contribution < -0.4 is 0 Å². The number of esters is 1. The van der Waals surface area contributed by atoms with Crippen molar-refractivity contribution < 1.29 is 24.2 Å². The van der Waals surface area contributed by atoms with E-state index in [2.05, 4.69) is 20.8 Å². The summed E-state index contributed by atoms with van der Waals surface area (Å²) in [6, 6.07) is 2.02. The molecule has 6 heteroatoms. The SMILES string of the molecule is COC(=O)C12CCC3C(C(=O)C=C4C5(C)C=C(C#N)C(=O)C(O)C(CCC43C)C5)C1CC(C)(C)CC2. The number of carbonyl (C=O) groups is 3. The van der Waals surface area contributed by atoms with Gasteiger partial charge >= 0.3 is 5.97 Å². The molecular formula is C30H39NO5. The van der Waals surface area contributed by atoms with Gasteiger partial charge in [0.2, 0.25) is 5.78 Å². The molecule has 0 amide bonds. The molecule has 36 heavy (non-hydrogen) atoms. The Morgan fingerprint density at radius 1 is 1.06 bits per heavy atom. The third-order valence-corrected chi connectivity index (χ3v) is 11.0. The van der Waals surface area contributed by atoms with E-state index in [1.807, 2.05) is 19.1 Å². The molecule has 0 saturated heterocycles. The molecule has 2 bridgehead atoms. The maximum absolute atomic E-state index is 14.1. The van der Waals surface area contributed by atoms with Gasteiger partial charge in [0.1, 0.15) is 12.2 Å². The predicted octanol–water partition coefficient (Wildman–Crippen LogP) is 4.71. The Balaban J connectivity index is 1.66. The van der Waals surface area contributed by atoms with Gasteiger partial charge in [0.25, 0.3) is 0 Å². The first-order chi connectivity index (χ1) is 16.8. The number of aliphatic hydroxyl groups excluding tert-OH is 1. The zero-order valence-corrected chi connectivity index (χ0v) is 22.2. The molecule has 0 aliphatic heterocycles. The second kappa shape index (κ2) is 8.12. The number of hydrogen-bond acceptors (Lipinski definition) is 6. The Kier molecular flexibility index (Phi) is 5.73. The lowest BCUT2D eigenvalue weighted by atomic mass is 9.42. The molecule has 8 unspecified atom stereocenters. The van der Waals surface area contributed by atoms with Crippen LogP contribution in [0.15, 0.2) is 23.3 Å². The zero-order valence-electron chi connectivity index (χ0n) is 22.2. The highest BCUT2D eigenvalue weighted by atomic mass is 16.5. The van der Waals surface area contributed by atoms with E-state index in [1.54, 1.807) is 6.08 Å². The monoisotopic (exact) mass is 493 g/mol. The van der Waals surface area contributed by atoms with Crippen LogP contribution in [-0.4, -0.2) is 35.9 Å². The summed E-state index contributed by atoms with van der Waals surface area (Å²) < 4.78 is 5.35. The minimum Gasteiger partial charge on any atom is -0.469 e. The predicted molar refractivity (Wildman–Crippen MR) is 133 cm³/mol. The fourth-order valence-electron chi connectivity index (χ4n) is 9.20. The van der Waals surface area contributed by atoms with Gasteiger partial charge in [0.15, 0.2) is 5.78 Å². The van der Waals surface area contributed by atoms with E-state index in [0.717, 1.165) is 44.1 Å². The highest BCUT2D eigenvalue weighted by Crippen LogP contribution is 2.67. The molecule has 5 aliphatic rings. The van der Waals surface area contributed by atoms with Gasteiger partial charge in [0, 0.05) is 11.3 Å². The lowest BCUT2D eigenvalue weighted by Crippen LogP contribution is -2.59. The number of ketones is 2. The van der Waals surface area contributed by atoms with Crippen LogP contribution in [0.3, 0.4) is 0 Å². The van der Waals surface area contributed by atoms with Gasteiger partial charge in [-0.2, -0.15) is 5.26 Å². The quantitative estimate of drug-likeness (QED) is 0.530. The van der Waals surface area contributed by atoms with Crippen LogP contribution in [0, 0.1) is 56.7 Å². The molecule has 6 nitrogen and oxygen atoms in total. The van der Waals surface area contributed by atoms with Crippen LogP contribution in [0.1, 0.15) is 79.1 Å². The van der Waals surface area contributed by atoms with Crippen molar-refractivity contribution in [3.05, 3.63) is 23.3 Å². The third kappa shape index (κ3) is 3.41. The molecule has 1 N–H and O–H groups in total. The molecule has 3 saturated carbocycles. The van der Waals surface area contributed by atoms with Crippen LogP contribution in [0.5, 0.6) is 0 Å². The summed E-state index contributed by atoms with van der Waals surface area (Å²) >= 11 is 0. The Morgan fingerprint density at radius 3 is 2.44 bits per heavy atom. The van der Waals surface area contributed by atoms with Gasteiger partial charge in [-0.15, -0.1) is 0 Å². The smallest absolute Gasteiger partial charge is 0.312 e. The topological polar surface area (TPSA) is 104 Å². The number of hydrogen-bond donors (Lipinski definition) is 1. The van der Waals surface area contributed by atoms with E-state index in [4.69, 9.17) is 4.74 Å². The van der Waals surface area contributed by atoms with Crippen molar-refractivity contribution in [2.45, 2.75) is 85.2 Å². The van der Waals surface area contributed by atoms with E-state index < -0.39 is 22.7 Å². The average molecular weight is 494 g/mol. The van der Waals surface area contributed by atoms with Crippen molar-refractivity contribution in [1.29, 1.82) is 5.26 Å². The molecule has 0 radical (unpaired) electrons. The standard InChI is InChI=1S/C30H39NO5/c1-27(2)10-11-30(26(35)36-5)9-7-19-23(20(30)15-27)21(32)12-22-28(3)13-17(6-8-29(19,22)4)24(33)25(34)18(14-28)16-31/h12,14,17,19-20,23-24,33H,6-11,13,15H2,1-5H3. The minimum absolute atomic E-state index is 0.00500. The second-order valence-corrected chi connectivity index (χ2v) is 13.6. The van der Waals surface area contributed by atoms with E-state index in [0.29, 0.717) is 12.8 Å². The number of fused-ring (bicyclic) bond motifs is 8. The van der Waals surface area contributed by atoms with Crippen molar-refractivity contribution in [3.8, 4) is 6.07 Å². The fourth-order valence-corrected chi connectivity index (χ4v) is 9.20. The minimum atomic E-state index is -1.19. The van der Waals surface area contributed by atoms with Crippen molar-refractivity contribution in [2.75, 3.05) is 7.11 Å².